The van der Waals surface area contributed by atoms with Crippen molar-refractivity contribution in [2.24, 2.45) is 0 Å². The fraction of sp³-hybridized carbons (Fsp3) is 0.0769. The molecule has 2 rings (SSSR count). The van der Waals surface area contributed by atoms with Crippen LogP contribution < -0.4 is 10.6 Å². The average molecular weight is 252 g/mol. The van der Waals surface area contributed by atoms with Crippen LogP contribution in [0.4, 0.5) is 30.2 Å². The van der Waals surface area contributed by atoms with E-state index in [-0.39, 0.29) is 5.69 Å². The molecule has 0 aliphatic heterocycles. The molecule has 5 heteroatoms. The first-order chi connectivity index (χ1) is 8.50. The number of anilines is 3. The predicted octanol–water partition coefficient (Wildman–Crippen LogP) is 3.45. The van der Waals surface area contributed by atoms with E-state index in [0.717, 1.165) is 12.1 Å². The van der Waals surface area contributed by atoms with Crippen LogP contribution in [0, 0.1) is 17.5 Å². The zero-order valence-corrected chi connectivity index (χ0v) is 9.62. The van der Waals surface area contributed by atoms with E-state index in [2.05, 4.69) is 0 Å². The van der Waals surface area contributed by atoms with Crippen molar-refractivity contribution in [3.63, 3.8) is 0 Å². The van der Waals surface area contributed by atoms with Crippen LogP contribution in [-0.2, 0) is 0 Å². The van der Waals surface area contributed by atoms with Crippen molar-refractivity contribution in [3.8, 4) is 0 Å². The first-order valence-electron chi connectivity index (χ1n) is 5.23. The molecule has 0 saturated heterocycles. The lowest BCUT2D eigenvalue weighted by atomic mass is 10.2. The summed E-state index contributed by atoms with van der Waals surface area (Å²) in [5.74, 6) is -2.45. The van der Waals surface area contributed by atoms with E-state index in [1.54, 1.807) is 13.1 Å². The van der Waals surface area contributed by atoms with Crippen molar-refractivity contribution in [3.05, 3.63) is 53.8 Å². The van der Waals surface area contributed by atoms with Crippen LogP contribution in [0.1, 0.15) is 0 Å². The summed E-state index contributed by atoms with van der Waals surface area (Å²) in [6.07, 6.45) is 0. The van der Waals surface area contributed by atoms with Crippen molar-refractivity contribution in [2.45, 2.75) is 0 Å². The highest BCUT2D eigenvalue weighted by Crippen LogP contribution is 2.30. The summed E-state index contributed by atoms with van der Waals surface area (Å²) in [4.78, 5) is 1.49. The van der Waals surface area contributed by atoms with Crippen molar-refractivity contribution in [2.75, 3.05) is 17.7 Å². The summed E-state index contributed by atoms with van der Waals surface area (Å²) in [5.41, 5.74) is 6.34. The lowest BCUT2D eigenvalue weighted by Gasteiger charge is -2.21. The van der Waals surface area contributed by atoms with Gasteiger partial charge >= 0.3 is 0 Å². The highest BCUT2D eigenvalue weighted by molar-refractivity contribution is 5.74. The molecular formula is C13H11F3N2. The minimum Gasteiger partial charge on any atom is -0.395 e. The Kier molecular flexibility index (Phi) is 3.14. The van der Waals surface area contributed by atoms with Gasteiger partial charge in [-0.1, -0.05) is 6.07 Å². The van der Waals surface area contributed by atoms with Gasteiger partial charge in [0.1, 0.15) is 5.82 Å². The third kappa shape index (κ3) is 2.11. The average Bonchev–Trinajstić information content (AvgIpc) is 2.35. The van der Waals surface area contributed by atoms with Crippen molar-refractivity contribution in [1.82, 2.24) is 0 Å². The Hall–Kier alpha value is -2.17. The normalized spacial score (nSPS) is 10.4. The molecule has 0 fully saturated rings. The van der Waals surface area contributed by atoms with Gasteiger partial charge < -0.3 is 10.6 Å². The summed E-state index contributed by atoms with van der Waals surface area (Å²) in [7, 11) is 1.60. The molecule has 2 aromatic carbocycles. The number of halogens is 3. The Balaban J connectivity index is 2.44. The number of hydrogen-bond acceptors (Lipinski definition) is 2. The summed E-state index contributed by atoms with van der Waals surface area (Å²) in [6, 6.07) is 7.76. The van der Waals surface area contributed by atoms with Crippen LogP contribution in [0.15, 0.2) is 36.4 Å². The summed E-state index contributed by atoms with van der Waals surface area (Å²) in [5, 5.41) is 0. The smallest absolute Gasteiger partial charge is 0.160 e. The molecule has 2 aromatic rings. The van der Waals surface area contributed by atoms with Gasteiger partial charge in [0.2, 0.25) is 0 Å². The summed E-state index contributed by atoms with van der Waals surface area (Å²) >= 11 is 0. The molecule has 0 aliphatic carbocycles. The van der Waals surface area contributed by atoms with Gasteiger partial charge in [0.15, 0.2) is 11.6 Å². The second-order valence-electron chi connectivity index (χ2n) is 3.83. The molecule has 0 amide bonds. The van der Waals surface area contributed by atoms with E-state index in [1.165, 1.54) is 23.1 Å². The maximum atomic E-state index is 13.3. The molecule has 0 atom stereocenters. The number of nitrogens with two attached hydrogens (primary N) is 1. The molecule has 0 aliphatic rings. The fourth-order valence-corrected chi connectivity index (χ4v) is 1.65. The minimum absolute atomic E-state index is 0.0373. The van der Waals surface area contributed by atoms with Crippen molar-refractivity contribution in [1.29, 1.82) is 0 Å². The standard InChI is InChI=1S/C13H11F3N2/c1-18(8-5-6-9(14)11(16)7-8)12-4-2-3-10(15)13(12)17/h2-7H,17H2,1H3. The highest BCUT2D eigenvalue weighted by atomic mass is 19.2. The lowest BCUT2D eigenvalue weighted by Crippen LogP contribution is -2.12. The zero-order valence-electron chi connectivity index (χ0n) is 9.62. The Morgan fingerprint density at radius 1 is 0.944 bits per heavy atom. The third-order valence-corrected chi connectivity index (χ3v) is 2.68. The van der Waals surface area contributed by atoms with E-state index in [9.17, 15) is 13.2 Å². The Labute approximate surface area is 102 Å². The first kappa shape index (κ1) is 12.3. The van der Waals surface area contributed by atoms with Crippen LogP contribution in [0.5, 0.6) is 0 Å². The van der Waals surface area contributed by atoms with E-state index in [1.807, 2.05) is 0 Å². The highest BCUT2D eigenvalue weighted by Gasteiger charge is 2.12. The van der Waals surface area contributed by atoms with Gasteiger partial charge in [-0.15, -0.1) is 0 Å². The molecule has 0 unspecified atom stereocenters. The molecule has 94 valence electrons. The molecule has 0 bridgehead atoms. The van der Waals surface area contributed by atoms with Gasteiger partial charge in [-0.3, -0.25) is 0 Å². The molecule has 0 saturated carbocycles. The maximum Gasteiger partial charge on any atom is 0.160 e. The zero-order chi connectivity index (χ0) is 13.3. The number of benzene rings is 2. The van der Waals surface area contributed by atoms with Crippen LogP contribution in [0.3, 0.4) is 0 Å². The molecule has 18 heavy (non-hydrogen) atoms. The van der Waals surface area contributed by atoms with Gasteiger partial charge in [-0.05, 0) is 24.3 Å². The predicted molar refractivity (Wildman–Crippen MR) is 65.2 cm³/mol. The van der Waals surface area contributed by atoms with Crippen molar-refractivity contribution < 1.29 is 13.2 Å². The van der Waals surface area contributed by atoms with E-state index < -0.39 is 17.5 Å². The van der Waals surface area contributed by atoms with Crippen LogP contribution >= 0.6 is 0 Å². The van der Waals surface area contributed by atoms with Gasteiger partial charge in [0, 0.05) is 18.8 Å². The lowest BCUT2D eigenvalue weighted by molar-refractivity contribution is 0.509. The van der Waals surface area contributed by atoms with E-state index in [4.69, 9.17) is 5.73 Å². The number of hydrogen-bond donors (Lipinski definition) is 1. The second-order valence-corrected chi connectivity index (χ2v) is 3.83. The number of nitrogens with zero attached hydrogens (tertiary/aromatic N) is 1. The van der Waals surface area contributed by atoms with Gasteiger partial charge in [-0.2, -0.15) is 0 Å². The second kappa shape index (κ2) is 4.60. The van der Waals surface area contributed by atoms with Crippen LogP contribution in [0.2, 0.25) is 0 Å². The SMILES string of the molecule is CN(c1ccc(F)c(F)c1)c1cccc(F)c1N. The van der Waals surface area contributed by atoms with E-state index >= 15 is 0 Å². The summed E-state index contributed by atoms with van der Waals surface area (Å²) < 4.78 is 39.3. The Morgan fingerprint density at radius 2 is 1.67 bits per heavy atom. The van der Waals surface area contributed by atoms with Crippen molar-refractivity contribution >= 4 is 17.1 Å². The third-order valence-electron chi connectivity index (χ3n) is 2.68. The molecular weight excluding hydrogens is 241 g/mol. The molecule has 0 radical (unpaired) electrons. The van der Waals surface area contributed by atoms with Gasteiger partial charge in [0.05, 0.1) is 11.4 Å². The maximum absolute atomic E-state index is 13.3. The number of nitrogen functional groups attached to an aromatic ring is 1. The number of rotatable bonds is 2. The minimum atomic E-state index is -0.964. The molecule has 0 heterocycles. The Bertz CT molecular complexity index is 584. The molecule has 2 nitrogen and oxygen atoms in total. The fourth-order valence-electron chi connectivity index (χ4n) is 1.65. The van der Waals surface area contributed by atoms with Crippen LogP contribution in [0.25, 0.3) is 0 Å². The molecule has 2 N–H and O–H groups in total. The summed E-state index contributed by atoms with van der Waals surface area (Å²) in [6.45, 7) is 0. The quantitative estimate of drug-likeness (QED) is 0.829. The number of para-hydroxylation sites is 1. The van der Waals surface area contributed by atoms with Crippen LogP contribution in [-0.4, -0.2) is 7.05 Å². The van der Waals surface area contributed by atoms with Gasteiger partial charge in [0.25, 0.3) is 0 Å². The molecule has 0 spiro atoms. The Morgan fingerprint density at radius 3 is 2.33 bits per heavy atom. The first-order valence-corrected chi connectivity index (χ1v) is 5.23. The topological polar surface area (TPSA) is 29.3 Å². The monoisotopic (exact) mass is 252 g/mol. The van der Waals surface area contributed by atoms with Gasteiger partial charge in [-0.25, -0.2) is 13.2 Å². The molecule has 0 aromatic heterocycles. The largest absolute Gasteiger partial charge is 0.395 e. The van der Waals surface area contributed by atoms with E-state index in [0.29, 0.717) is 11.4 Å².